The SMILES string of the molecule is CC.COCCCCCCCCS(=O)(=O)NC(C)=O.[HH]. The van der Waals surface area contributed by atoms with Crippen molar-refractivity contribution in [3.63, 3.8) is 0 Å². The van der Waals surface area contributed by atoms with Crippen molar-refractivity contribution in [2.45, 2.75) is 59.3 Å². The van der Waals surface area contributed by atoms with E-state index in [9.17, 15) is 13.2 Å². The molecule has 0 heterocycles. The Morgan fingerprint density at radius 2 is 1.53 bits per heavy atom. The van der Waals surface area contributed by atoms with Gasteiger partial charge < -0.3 is 4.74 Å². The molecule has 0 aromatic rings. The van der Waals surface area contributed by atoms with Gasteiger partial charge in [0.15, 0.2) is 0 Å². The fraction of sp³-hybridized carbons (Fsp3) is 0.923. The molecule has 0 atom stereocenters. The summed E-state index contributed by atoms with van der Waals surface area (Å²) in [5.74, 6) is -0.491. The minimum absolute atomic E-state index is 0. The van der Waals surface area contributed by atoms with Crippen LogP contribution in [0.5, 0.6) is 0 Å². The highest BCUT2D eigenvalue weighted by Gasteiger charge is 2.10. The molecule has 5 nitrogen and oxygen atoms in total. The normalized spacial score (nSPS) is 10.5. The molecule has 1 N–H and O–H groups in total. The molecule has 0 spiro atoms. The minimum Gasteiger partial charge on any atom is -0.385 e. The van der Waals surface area contributed by atoms with Crippen LogP contribution in [0.3, 0.4) is 0 Å². The lowest BCUT2D eigenvalue weighted by Crippen LogP contribution is -2.30. The van der Waals surface area contributed by atoms with Crippen LogP contribution in [0.1, 0.15) is 60.7 Å². The maximum absolute atomic E-state index is 11.3. The molecule has 0 aromatic carbocycles. The van der Waals surface area contributed by atoms with Gasteiger partial charge in [0.1, 0.15) is 0 Å². The Kier molecular flexibility index (Phi) is 15.0. The molecular weight excluding hydrogens is 266 g/mol. The van der Waals surface area contributed by atoms with Gasteiger partial charge >= 0.3 is 0 Å². The number of ether oxygens (including phenoxy) is 1. The van der Waals surface area contributed by atoms with Crippen LogP contribution in [-0.4, -0.2) is 33.8 Å². The molecule has 1 amide bonds. The maximum Gasteiger partial charge on any atom is 0.234 e. The highest BCUT2D eigenvalue weighted by Crippen LogP contribution is 2.06. The second kappa shape index (κ2) is 13.8. The van der Waals surface area contributed by atoms with Crippen LogP contribution in [0.25, 0.3) is 0 Å². The second-order valence-corrected chi connectivity index (χ2v) is 5.93. The van der Waals surface area contributed by atoms with Crippen molar-refractivity contribution in [1.82, 2.24) is 4.72 Å². The lowest BCUT2D eigenvalue weighted by Gasteiger charge is -2.04. The zero-order valence-electron chi connectivity index (χ0n) is 12.7. The van der Waals surface area contributed by atoms with Crippen molar-refractivity contribution >= 4 is 15.9 Å². The second-order valence-electron chi connectivity index (χ2n) is 4.09. The Hall–Kier alpha value is -0.620. The van der Waals surface area contributed by atoms with E-state index >= 15 is 0 Å². The minimum atomic E-state index is -3.40. The predicted molar refractivity (Wildman–Crippen MR) is 80.6 cm³/mol. The first-order valence-corrected chi connectivity index (χ1v) is 8.63. The van der Waals surface area contributed by atoms with E-state index in [1.807, 2.05) is 18.6 Å². The first-order chi connectivity index (χ1) is 8.98. The average molecular weight is 297 g/mol. The van der Waals surface area contributed by atoms with Crippen molar-refractivity contribution in [2.24, 2.45) is 0 Å². The molecule has 0 saturated carbocycles. The summed E-state index contributed by atoms with van der Waals surface area (Å²) in [4.78, 5) is 10.6. The average Bonchev–Trinajstić information content (AvgIpc) is 2.33. The Balaban J connectivity index is -0.000000916. The molecule has 0 saturated heterocycles. The van der Waals surface area contributed by atoms with E-state index in [1.54, 1.807) is 7.11 Å². The van der Waals surface area contributed by atoms with Crippen LogP contribution < -0.4 is 4.72 Å². The topological polar surface area (TPSA) is 72.5 Å². The molecule has 19 heavy (non-hydrogen) atoms. The van der Waals surface area contributed by atoms with Gasteiger partial charge in [-0.2, -0.15) is 0 Å². The summed E-state index contributed by atoms with van der Waals surface area (Å²) in [6.07, 6.45) is 5.79. The molecular formula is C13H31NO4S. The summed E-state index contributed by atoms with van der Waals surface area (Å²) in [5, 5.41) is 0. The van der Waals surface area contributed by atoms with Gasteiger partial charge in [-0.15, -0.1) is 0 Å². The summed E-state index contributed by atoms with van der Waals surface area (Å²) in [6.45, 7) is 5.99. The standard InChI is InChI=1S/C11H23NO4S.C2H6.H2/c1-11(13)12-17(14,15)10-8-6-4-3-5-7-9-16-2;1-2;/h3-10H2,1-2H3,(H,12,13);1-2H3;1H. The smallest absolute Gasteiger partial charge is 0.234 e. The number of hydrogen-bond donors (Lipinski definition) is 1. The van der Waals surface area contributed by atoms with E-state index in [0.717, 1.165) is 38.7 Å². The van der Waals surface area contributed by atoms with Crippen LogP contribution in [0.4, 0.5) is 0 Å². The fourth-order valence-electron chi connectivity index (χ4n) is 1.52. The summed E-state index contributed by atoms with van der Waals surface area (Å²) in [6, 6.07) is 0. The molecule has 0 unspecified atom stereocenters. The van der Waals surface area contributed by atoms with Crippen molar-refractivity contribution in [3.8, 4) is 0 Å². The van der Waals surface area contributed by atoms with Gasteiger partial charge in [-0.25, -0.2) is 8.42 Å². The molecule has 0 radical (unpaired) electrons. The molecule has 0 rings (SSSR count). The highest BCUT2D eigenvalue weighted by molar-refractivity contribution is 7.90. The van der Waals surface area contributed by atoms with Crippen molar-refractivity contribution in [2.75, 3.05) is 19.5 Å². The van der Waals surface area contributed by atoms with E-state index < -0.39 is 15.9 Å². The van der Waals surface area contributed by atoms with Gasteiger partial charge in [0, 0.05) is 22.1 Å². The van der Waals surface area contributed by atoms with Crippen LogP contribution in [0.2, 0.25) is 0 Å². The van der Waals surface area contributed by atoms with Crippen LogP contribution in [0, 0.1) is 0 Å². The molecule has 0 aliphatic rings. The zero-order valence-corrected chi connectivity index (χ0v) is 13.5. The molecule has 6 heteroatoms. The zero-order chi connectivity index (χ0) is 15.1. The van der Waals surface area contributed by atoms with Gasteiger partial charge in [-0.3, -0.25) is 9.52 Å². The van der Waals surface area contributed by atoms with Crippen LogP contribution in [0.15, 0.2) is 0 Å². The van der Waals surface area contributed by atoms with E-state index in [2.05, 4.69) is 0 Å². The van der Waals surface area contributed by atoms with Crippen LogP contribution in [-0.2, 0) is 19.6 Å². The van der Waals surface area contributed by atoms with Crippen molar-refractivity contribution in [1.29, 1.82) is 0 Å². The Labute approximate surface area is 119 Å². The Bertz CT molecular complexity index is 307. The monoisotopic (exact) mass is 297 g/mol. The van der Waals surface area contributed by atoms with E-state index in [4.69, 9.17) is 4.74 Å². The lowest BCUT2D eigenvalue weighted by atomic mass is 10.1. The number of sulfonamides is 1. The van der Waals surface area contributed by atoms with Gasteiger partial charge in [0.25, 0.3) is 0 Å². The van der Waals surface area contributed by atoms with E-state index in [0.29, 0.717) is 6.42 Å². The van der Waals surface area contributed by atoms with Gasteiger partial charge in [-0.1, -0.05) is 39.5 Å². The fourth-order valence-corrected chi connectivity index (χ4v) is 2.64. The summed E-state index contributed by atoms with van der Waals surface area (Å²) < 4.78 is 29.4. The van der Waals surface area contributed by atoms with Gasteiger partial charge in [0.05, 0.1) is 5.75 Å². The third-order valence-electron chi connectivity index (χ3n) is 2.31. The number of unbranched alkanes of at least 4 members (excludes halogenated alkanes) is 5. The first-order valence-electron chi connectivity index (χ1n) is 6.98. The lowest BCUT2D eigenvalue weighted by molar-refractivity contribution is -0.117. The number of carbonyl (C=O) groups is 1. The first kappa shape index (κ1) is 20.7. The number of rotatable bonds is 10. The van der Waals surface area contributed by atoms with Crippen molar-refractivity contribution in [3.05, 3.63) is 0 Å². The Morgan fingerprint density at radius 1 is 1.05 bits per heavy atom. The predicted octanol–water partition coefficient (Wildman–Crippen LogP) is 2.71. The molecule has 0 aromatic heterocycles. The van der Waals surface area contributed by atoms with Gasteiger partial charge in [0.2, 0.25) is 15.9 Å². The summed E-state index contributed by atoms with van der Waals surface area (Å²) >= 11 is 0. The maximum atomic E-state index is 11.3. The van der Waals surface area contributed by atoms with E-state index in [1.165, 1.54) is 6.92 Å². The van der Waals surface area contributed by atoms with Gasteiger partial charge in [-0.05, 0) is 12.8 Å². The van der Waals surface area contributed by atoms with Crippen LogP contribution >= 0.6 is 0 Å². The number of carbonyl (C=O) groups excluding carboxylic acids is 1. The summed E-state index contributed by atoms with van der Waals surface area (Å²) in [5.41, 5.74) is 0. The van der Waals surface area contributed by atoms with E-state index in [-0.39, 0.29) is 7.18 Å². The third-order valence-corrected chi connectivity index (χ3v) is 3.74. The Morgan fingerprint density at radius 3 is 2.00 bits per heavy atom. The highest BCUT2D eigenvalue weighted by atomic mass is 32.2. The largest absolute Gasteiger partial charge is 0.385 e. The molecule has 0 fully saturated rings. The number of amides is 1. The molecule has 118 valence electrons. The summed E-state index contributed by atoms with van der Waals surface area (Å²) in [7, 11) is -1.71. The molecule has 0 aliphatic heterocycles. The number of nitrogens with one attached hydrogen (secondary N) is 1. The molecule has 0 bridgehead atoms. The number of methoxy groups -OCH3 is 1. The third kappa shape index (κ3) is 17.4. The van der Waals surface area contributed by atoms with Crippen molar-refractivity contribution < 1.29 is 19.4 Å². The number of hydrogen-bond acceptors (Lipinski definition) is 4. The molecule has 0 aliphatic carbocycles. The quantitative estimate of drug-likeness (QED) is 0.629.